The molecule has 4 heteroatoms. The molecule has 4 nitrogen and oxygen atoms in total. The molecule has 0 aromatic carbocycles. The van der Waals surface area contributed by atoms with Crippen LogP contribution < -0.4 is 5.32 Å². The Labute approximate surface area is 128 Å². The lowest BCUT2D eigenvalue weighted by Gasteiger charge is -2.26. The van der Waals surface area contributed by atoms with Crippen LogP contribution in [0.3, 0.4) is 0 Å². The first-order valence-corrected chi connectivity index (χ1v) is 8.20. The molecule has 1 aliphatic heterocycles. The van der Waals surface area contributed by atoms with E-state index in [4.69, 9.17) is 9.15 Å². The zero-order chi connectivity index (χ0) is 15.1. The third kappa shape index (κ3) is 6.20. The van der Waals surface area contributed by atoms with Crippen molar-refractivity contribution >= 4 is 0 Å². The minimum atomic E-state index is 0.394. The molecule has 2 rings (SSSR count). The van der Waals surface area contributed by atoms with E-state index >= 15 is 0 Å². The maximum absolute atomic E-state index is 5.78. The fourth-order valence-corrected chi connectivity index (χ4v) is 2.74. The second kappa shape index (κ2) is 8.57. The number of furan rings is 1. The first-order chi connectivity index (χ1) is 10.1. The monoisotopic (exact) mass is 294 g/mol. The number of likely N-dealkylation sites (N-methyl/N-ethyl adjacent to an activating group) is 1. The Bertz CT molecular complexity index is 397. The highest BCUT2D eigenvalue weighted by atomic mass is 16.5. The smallest absolute Gasteiger partial charge is 0.118 e. The largest absolute Gasteiger partial charge is 0.468 e. The number of nitrogens with zero attached hydrogens (tertiary/aromatic N) is 1. The first kappa shape index (κ1) is 16.5. The van der Waals surface area contributed by atoms with E-state index in [0.717, 1.165) is 38.5 Å². The third-order valence-corrected chi connectivity index (χ3v) is 3.80. The molecular weight excluding hydrogens is 264 g/mol. The number of hydrogen-bond donors (Lipinski definition) is 1. The van der Waals surface area contributed by atoms with Crippen molar-refractivity contribution in [2.45, 2.75) is 52.3 Å². The van der Waals surface area contributed by atoms with E-state index in [1.54, 1.807) is 0 Å². The van der Waals surface area contributed by atoms with Gasteiger partial charge in [0.25, 0.3) is 0 Å². The number of nitrogens with one attached hydrogen (secondary N) is 1. The Morgan fingerprint density at radius 2 is 2.24 bits per heavy atom. The van der Waals surface area contributed by atoms with Crippen molar-refractivity contribution in [3.05, 3.63) is 23.7 Å². The van der Waals surface area contributed by atoms with Gasteiger partial charge in [0, 0.05) is 25.3 Å². The van der Waals surface area contributed by atoms with Crippen LogP contribution in [0.1, 0.15) is 44.4 Å². The minimum Gasteiger partial charge on any atom is -0.468 e. The molecule has 1 N–H and O–H groups in total. The Balaban J connectivity index is 1.70. The van der Waals surface area contributed by atoms with Gasteiger partial charge >= 0.3 is 0 Å². The molecule has 1 aromatic heterocycles. The van der Waals surface area contributed by atoms with E-state index in [9.17, 15) is 0 Å². The van der Waals surface area contributed by atoms with Crippen LogP contribution in [0, 0.1) is 5.92 Å². The van der Waals surface area contributed by atoms with Gasteiger partial charge in [0.1, 0.15) is 5.76 Å². The summed E-state index contributed by atoms with van der Waals surface area (Å²) in [4.78, 5) is 2.29. The molecule has 0 radical (unpaired) electrons. The summed E-state index contributed by atoms with van der Waals surface area (Å²) >= 11 is 0. The molecule has 1 aromatic rings. The lowest BCUT2D eigenvalue weighted by Crippen LogP contribution is -2.32. The Morgan fingerprint density at radius 1 is 1.38 bits per heavy atom. The van der Waals surface area contributed by atoms with Crippen LogP contribution in [-0.2, 0) is 17.8 Å². The van der Waals surface area contributed by atoms with Gasteiger partial charge in [-0.1, -0.05) is 13.8 Å². The SMILES string of the molecule is CC(C)CNCc1coc(CN(C)CC2CCCCO2)c1. The van der Waals surface area contributed by atoms with Crippen molar-refractivity contribution in [2.75, 3.05) is 26.7 Å². The van der Waals surface area contributed by atoms with Gasteiger partial charge < -0.3 is 14.5 Å². The van der Waals surface area contributed by atoms with Gasteiger partial charge in [0.15, 0.2) is 0 Å². The Kier molecular flexibility index (Phi) is 6.74. The lowest BCUT2D eigenvalue weighted by atomic mass is 10.1. The van der Waals surface area contributed by atoms with Crippen molar-refractivity contribution in [3.8, 4) is 0 Å². The quantitative estimate of drug-likeness (QED) is 0.800. The molecule has 1 aliphatic rings. The predicted octanol–water partition coefficient (Wildman–Crippen LogP) is 3.03. The highest BCUT2D eigenvalue weighted by Crippen LogP contribution is 2.15. The van der Waals surface area contributed by atoms with Crippen molar-refractivity contribution in [1.29, 1.82) is 0 Å². The molecule has 0 saturated carbocycles. The van der Waals surface area contributed by atoms with Crippen LogP contribution in [0.15, 0.2) is 16.7 Å². The van der Waals surface area contributed by atoms with E-state index in [1.807, 2.05) is 6.26 Å². The fourth-order valence-electron chi connectivity index (χ4n) is 2.74. The zero-order valence-corrected chi connectivity index (χ0v) is 13.7. The summed E-state index contributed by atoms with van der Waals surface area (Å²) in [7, 11) is 2.14. The fraction of sp³-hybridized carbons (Fsp3) is 0.765. The molecule has 1 fully saturated rings. The summed E-state index contributed by atoms with van der Waals surface area (Å²) < 4.78 is 11.4. The highest BCUT2D eigenvalue weighted by molar-refractivity contribution is 5.12. The van der Waals surface area contributed by atoms with Crippen LogP contribution in [0.5, 0.6) is 0 Å². The second-order valence-corrected chi connectivity index (χ2v) is 6.63. The van der Waals surface area contributed by atoms with Crippen LogP contribution in [0.25, 0.3) is 0 Å². The van der Waals surface area contributed by atoms with Gasteiger partial charge in [-0.2, -0.15) is 0 Å². The summed E-state index contributed by atoms with van der Waals surface area (Å²) in [6, 6.07) is 2.16. The lowest BCUT2D eigenvalue weighted by molar-refractivity contribution is -0.00338. The summed E-state index contributed by atoms with van der Waals surface area (Å²) in [6.45, 7) is 9.12. The normalized spacial score (nSPS) is 19.6. The Hall–Kier alpha value is -0.840. The topological polar surface area (TPSA) is 37.6 Å². The molecule has 120 valence electrons. The van der Waals surface area contributed by atoms with Gasteiger partial charge in [-0.3, -0.25) is 4.90 Å². The van der Waals surface area contributed by atoms with E-state index in [2.05, 4.69) is 37.2 Å². The summed E-state index contributed by atoms with van der Waals surface area (Å²) in [5, 5.41) is 3.44. The van der Waals surface area contributed by atoms with Gasteiger partial charge in [-0.15, -0.1) is 0 Å². The van der Waals surface area contributed by atoms with E-state index in [0.29, 0.717) is 12.0 Å². The molecule has 0 spiro atoms. The molecule has 21 heavy (non-hydrogen) atoms. The first-order valence-electron chi connectivity index (χ1n) is 8.20. The number of ether oxygens (including phenoxy) is 1. The average molecular weight is 294 g/mol. The van der Waals surface area contributed by atoms with E-state index in [1.165, 1.54) is 24.8 Å². The van der Waals surface area contributed by atoms with Gasteiger partial charge in [0.2, 0.25) is 0 Å². The van der Waals surface area contributed by atoms with Crippen LogP contribution in [-0.4, -0.2) is 37.7 Å². The van der Waals surface area contributed by atoms with Crippen LogP contribution in [0.4, 0.5) is 0 Å². The van der Waals surface area contributed by atoms with Crippen LogP contribution in [0.2, 0.25) is 0 Å². The predicted molar refractivity (Wildman–Crippen MR) is 85.2 cm³/mol. The third-order valence-electron chi connectivity index (χ3n) is 3.80. The highest BCUT2D eigenvalue weighted by Gasteiger charge is 2.16. The van der Waals surface area contributed by atoms with Gasteiger partial charge in [-0.25, -0.2) is 0 Å². The van der Waals surface area contributed by atoms with E-state index < -0.39 is 0 Å². The minimum absolute atomic E-state index is 0.394. The second-order valence-electron chi connectivity index (χ2n) is 6.63. The van der Waals surface area contributed by atoms with Crippen molar-refractivity contribution in [2.24, 2.45) is 5.92 Å². The van der Waals surface area contributed by atoms with Crippen molar-refractivity contribution < 1.29 is 9.15 Å². The molecule has 1 atom stereocenters. The maximum Gasteiger partial charge on any atom is 0.118 e. The molecular formula is C17H30N2O2. The molecule has 0 aliphatic carbocycles. The molecule has 0 amide bonds. The molecule has 1 saturated heterocycles. The number of rotatable bonds is 8. The standard InChI is InChI=1S/C17H30N2O2/c1-14(2)9-18-10-15-8-17(21-13-15)12-19(3)11-16-6-4-5-7-20-16/h8,13-14,16,18H,4-7,9-12H2,1-3H3. The molecule has 0 bridgehead atoms. The van der Waals surface area contributed by atoms with E-state index in [-0.39, 0.29) is 0 Å². The van der Waals surface area contributed by atoms with Gasteiger partial charge in [-0.05, 0) is 44.8 Å². The Morgan fingerprint density at radius 3 is 2.95 bits per heavy atom. The summed E-state index contributed by atoms with van der Waals surface area (Å²) in [5.41, 5.74) is 1.23. The molecule has 2 heterocycles. The van der Waals surface area contributed by atoms with Crippen LogP contribution >= 0.6 is 0 Å². The van der Waals surface area contributed by atoms with Crippen molar-refractivity contribution in [1.82, 2.24) is 10.2 Å². The summed E-state index contributed by atoms with van der Waals surface area (Å²) in [5.74, 6) is 1.72. The maximum atomic E-state index is 5.78. The number of hydrogen-bond acceptors (Lipinski definition) is 4. The van der Waals surface area contributed by atoms with Gasteiger partial charge in [0.05, 0.1) is 18.9 Å². The van der Waals surface area contributed by atoms with Crippen molar-refractivity contribution in [3.63, 3.8) is 0 Å². The summed E-state index contributed by atoms with van der Waals surface area (Å²) in [6.07, 6.45) is 5.96. The molecule has 1 unspecified atom stereocenters. The average Bonchev–Trinajstić information content (AvgIpc) is 2.86. The zero-order valence-electron chi connectivity index (χ0n) is 13.7.